The van der Waals surface area contributed by atoms with Crippen molar-refractivity contribution in [3.8, 4) is 11.5 Å². The molecule has 1 heterocycles. The molecule has 21 heavy (non-hydrogen) atoms. The fraction of sp³-hybridized carbons (Fsp3) is 0.222. The Morgan fingerprint density at radius 3 is 2.38 bits per heavy atom. The molecule has 0 radical (unpaired) electrons. The van der Waals surface area contributed by atoms with Crippen molar-refractivity contribution in [3.63, 3.8) is 0 Å². The van der Waals surface area contributed by atoms with Crippen LogP contribution < -0.4 is 5.63 Å². The Hall–Kier alpha value is -2.42. The van der Waals surface area contributed by atoms with E-state index in [4.69, 9.17) is 4.42 Å². The van der Waals surface area contributed by atoms with Crippen LogP contribution in [0.25, 0.3) is 22.4 Å². The third-order valence-corrected chi connectivity index (χ3v) is 3.50. The third kappa shape index (κ3) is 2.47. The minimum atomic E-state index is -0.348. The fourth-order valence-electron chi connectivity index (χ4n) is 2.46. The smallest absolute Gasteiger partial charge is 0.347 e. The summed E-state index contributed by atoms with van der Waals surface area (Å²) in [6, 6.07) is 15.2. The zero-order valence-electron chi connectivity index (χ0n) is 12.4. The van der Waals surface area contributed by atoms with E-state index >= 15 is 0 Å². The van der Waals surface area contributed by atoms with Gasteiger partial charge in [0.25, 0.3) is 0 Å². The molecule has 106 valence electrons. The molecule has 0 unspecified atom stereocenters. The van der Waals surface area contributed by atoms with Crippen LogP contribution >= 0.6 is 0 Å². The predicted molar refractivity (Wildman–Crippen MR) is 84.4 cm³/mol. The van der Waals surface area contributed by atoms with Crippen molar-refractivity contribution in [3.05, 3.63) is 64.5 Å². The fourth-order valence-corrected chi connectivity index (χ4v) is 2.46. The van der Waals surface area contributed by atoms with Gasteiger partial charge in [-0.25, -0.2) is 9.78 Å². The summed E-state index contributed by atoms with van der Waals surface area (Å²) >= 11 is 0. The van der Waals surface area contributed by atoms with E-state index in [0.29, 0.717) is 16.8 Å². The molecule has 0 spiro atoms. The number of para-hydroxylation sites is 1. The molecule has 0 aliphatic heterocycles. The topological polar surface area (TPSA) is 43.1 Å². The van der Waals surface area contributed by atoms with Gasteiger partial charge in [-0.3, -0.25) is 0 Å². The van der Waals surface area contributed by atoms with Gasteiger partial charge in [0.1, 0.15) is 0 Å². The number of hydrogen-bond acceptors (Lipinski definition) is 3. The molecule has 0 fully saturated rings. The highest BCUT2D eigenvalue weighted by atomic mass is 16.4. The van der Waals surface area contributed by atoms with Crippen LogP contribution in [-0.2, 0) is 5.41 Å². The van der Waals surface area contributed by atoms with E-state index in [2.05, 4.69) is 25.8 Å². The van der Waals surface area contributed by atoms with Crippen LogP contribution in [0.3, 0.4) is 0 Å². The maximum absolute atomic E-state index is 12.1. The van der Waals surface area contributed by atoms with Crippen LogP contribution in [-0.4, -0.2) is 4.98 Å². The maximum Gasteiger partial charge on any atom is 0.347 e. The first-order chi connectivity index (χ1) is 9.97. The molecule has 3 aromatic rings. The molecule has 2 aromatic carbocycles. The Bertz CT molecular complexity index is 857. The minimum Gasteiger partial charge on any atom is -0.403 e. The number of aromatic nitrogens is 1. The summed E-state index contributed by atoms with van der Waals surface area (Å²) < 4.78 is 5.45. The van der Waals surface area contributed by atoms with Gasteiger partial charge in [-0.15, -0.1) is 0 Å². The van der Waals surface area contributed by atoms with Crippen molar-refractivity contribution in [1.29, 1.82) is 0 Å². The summed E-state index contributed by atoms with van der Waals surface area (Å²) in [7, 11) is 0. The Morgan fingerprint density at radius 1 is 0.952 bits per heavy atom. The number of benzene rings is 2. The van der Waals surface area contributed by atoms with Gasteiger partial charge >= 0.3 is 5.63 Å². The van der Waals surface area contributed by atoms with Gasteiger partial charge in [-0.1, -0.05) is 51.1 Å². The lowest BCUT2D eigenvalue weighted by Gasteiger charge is -2.21. The van der Waals surface area contributed by atoms with Gasteiger partial charge in [-0.2, -0.15) is 0 Å². The van der Waals surface area contributed by atoms with Crippen LogP contribution in [0.5, 0.6) is 0 Å². The van der Waals surface area contributed by atoms with Crippen LogP contribution in [0.4, 0.5) is 0 Å². The molecule has 0 N–H and O–H groups in total. The third-order valence-electron chi connectivity index (χ3n) is 3.50. The highest BCUT2D eigenvalue weighted by Gasteiger charge is 2.20. The lowest BCUT2D eigenvalue weighted by molar-refractivity contribution is 0.513. The Morgan fingerprint density at radius 2 is 1.62 bits per heavy atom. The van der Waals surface area contributed by atoms with Crippen LogP contribution in [0.1, 0.15) is 26.3 Å². The minimum absolute atomic E-state index is 0.0531. The number of rotatable bonds is 1. The van der Waals surface area contributed by atoms with E-state index in [0.717, 1.165) is 11.1 Å². The number of fused-ring (bicyclic) bond motifs is 1. The van der Waals surface area contributed by atoms with E-state index < -0.39 is 0 Å². The van der Waals surface area contributed by atoms with Gasteiger partial charge < -0.3 is 4.42 Å². The molecule has 0 aliphatic carbocycles. The highest BCUT2D eigenvalue weighted by molar-refractivity contribution is 5.78. The Kier molecular flexibility index (Phi) is 3.13. The summed E-state index contributed by atoms with van der Waals surface area (Å²) in [4.78, 5) is 16.6. The van der Waals surface area contributed by atoms with Crippen molar-refractivity contribution in [1.82, 2.24) is 4.98 Å². The van der Waals surface area contributed by atoms with E-state index in [1.807, 2.05) is 42.5 Å². The first kappa shape index (κ1) is 13.6. The second-order valence-corrected chi connectivity index (χ2v) is 6.12. The molecular formula is C18H17NO2. The second-order valence-electron chi connectivity index (χ2n) is 6.12. The van der Waals surface area contributed by atoms with Crippen LogP contribution in [0.15, 0.2) is 57.7 Å². The molecule has 0 aliphatic rings. The first-order valence-electron chi connectivity index (χ1n) is 6.96. The second kappa shape index (κ2) is 4.85. The van der Waals surface area contributed by atoms with E-state index in [1.165, 1.54) is 0 Å². The molecule has 3 heteroatoms. The van der Waals surface area contributed by atoms with Crippen LogP contribution in [0.2, 0.25) is 0 Å². The van der Waals surface area contributed by atoms with Crippen molar-refractivity contribution in [2.24, 2.45) is 0 Å². The van der Waals surface area contributed by atoms with Crippen molar-refractivity contribution >= 4 is 10.9 Å². The van der Waals surface area contributed by atoms with Crippen LogP contribution in [0, 0.1) is 0 Å². The van der Waals surface area contributed by atoms with E-state index in [9.17, 15) is 4.79 Å². The van der Waals surface area contributed by atoms with Gasteiger partial charge in [0, 0.05) is 5.56 Å². The normalized spacial score (nSPS) is 11.8. The standard InChI is InChI=1S/C18H17NO2/c1-18(2,3)14-10-6-4-8-12(14)16-19-15-11-7-5-9-13(15)17(20)21-16/h4-11H,1-3H3. The summed E-state index contributed by atoms with van der Waals surface area (Å²) in [6.07, 6.45) is 0. The first-order valence-corrected chi connectivity index (χ1v) is 6.96. The summed E-state index contributed by atoms with van der Waals surface area (Å²) in [5, 5.41) is 0.509. The molecule has 0 saturated heterocycles. The van der Waals surface area contributed by atoms with Crippen molar-refractivity contribution in [2.45, 2.75) is 26.2 Å². The molecule has 0 amide bonds. The quantitative estimate of drug-likeness (QED) is 0.672. The monoisotopic (exact) mass is 279 g/mol. The summed E-state index contributed by atoms with van der Waals surface area (Å²) in [5.41, 5.74) is 2.23. The summed E-state index contributed by atoms with van der Waals surface area (Å²) in [5.74, 6) is 0.379. The highest BCUT2D eigenvalue weighted by Crippen LogP contribution is 2.31. The van der Waals surface area contributed by atoms with Gasteiger partial charge in [0.2, 0.25) is 5.89 Å². The van der Waals surface area contributed by atoms with E-state index in [1.54, 1.807) is 6.07 Å². The SMILES string of the molecule is CC(C)(C)c1ccccc1-c1nc2ccccc2c(=O)o1. The summed E-state index contributed by atoms with van der Waals surface area (Å²) in [6.45, 7) is 6.39. The lowest BCUT2D eigenvalue weighted by Crippen LogP contribution is -2.13. The molecule has 3 rings (SSSR count). The Balaban J connectivity index is 2.29. The van der Waals surface area contributed by atoms with Gasteiger partial charge in [0.15, 0.2) is 0 Å². The predicted octanol–water partition coefficient (Wildman–Crippen LogP) is 4.15. The maximum atomic E-state index is 12.1. The average Bonchev–Trinajstić information content (AvgIpc) is 2.46. The molecule has 0 atom stereocenters. The molecule has 1 aromatic heterocycles. The average molecular weight is 279 g/mol. The van der Waals surface area contributed by atoms with Crippen molar-refractivity contribution < 1.29 is 4.42 Å². The van der Waals surface area contributed by atoms with Gasteiger partial charge in [0.05, 0.1) is 10.9 Å². The lowest BCUT2D eigenvalue weighted by atomic mass is 9.84. The molecule has 0 bridgehead atoms. The van der Waals surface area contributed by atoms with Gasteiger partial charge in [-0.05, 0) is 29.2 Å². The largest absolute Gasteiger partial charge is 0.403 e. The molecular weight excluding hydrogens is 262 g/mol. The molecule has 3 nitrogen and oxygen atoms in total. The zero-order chi connectivity index (χ0) is 15.0. The number of hydrogen-bond donors (Lipinski definition) is 0. The number of nitrogens with zero attached hydrogens (tertiary/aromatic N) is 1. The Labute approximate surface area is 123 Å². The van der Waals surface area contributed by atoms with E-state index in [-0.39, 0.29) is 11.0 Å². The zero-order valence-corrected chi connectivity index (χ0v) is 12.4. The van der Waals surface area contributed by atoms with Crippen molar-refractivity contribution in [2.75, 3.05) is 0 Å². The molecule has 0 saturated carbocycles.